The minimum atomic E-state index is 0.797. The van der Waals surface area contributed by atoms with Gasteiger partial charge in [0.05, 0.1) is 0 Å². The maximum atomic E-state index is 6.38. The van der Waals surface area contributed by atoms with Gasteiger partial charge < -0.3 is 15.2 Å². The van der Waals surface area contributed by atoms with Crippen molar-refractivity contribution in [3.8, 4) is 0 Å². The summed E-state index contributed by atoms with van der Waals surface area (Å²) in [5, 5.41) is 8.92. The van der Waals surface area contributed by atoms with E-state index in [0.717, 1.165) is 43.2 Å². The lowest BCUT2D eigenvalue weighted by atomic mass is 10.1. The number of nitrogens with zero attached hydrogens (tertiary/aromatic N) is 1. The molecule has 3 nitrogen and oxygen atoms in total. The van der Waals surface area contributed by atoms with Gasteiger partial charge in [-0.25, -0.2) is 0 Å². The molecule has 25 heavy (non-hydrogen) atoms. The highest BCUT2D eigenvalue weighted by molar-refractivity contribution is 6.31. The van der Waals surface area contributed by atoms with Crippen LogP contribution in [-0.2, 0) is 13.1 Å². The quantitative estimate of drug-likeness (QED) is 0.588. The molecular formula is C21H26ClN3. The SMILES string of the molecule is CNCCCNCc1c(C)n(Cc2ccccc2Cl)c2ccccc12. The number of halogens is 1. The third-order valence-corrected chi connectivity index (χ3v) is 5.10. The van der Waals surface area contributed by atoms with Gasteiger partial charge in [-0.1, -0.05) is 48.0 Å². The van der Waals surface area contributed by atoms with E-state index in [0.29, 0.717) is 0 Å². The van der Waals surface area contributed by atoms with Crippen LogP contribution in [0.4, 0.5) is 0 Å². The Bertz CT molecular complexity index is 838. The molecule has 2 N–H and O–H groups in total. The fourth-order valence-electron chi connectivity index (χ4n) is 3.33. The van der Waals surface area contributed by atoms with Crippen molar-refractivity contribution in [1.29, 1.82) is 0 Å². The van der Waals surface area contributed by atoms with Crippen molar-refractivity contribution in [2.75, 3.05) is 20.1 Å². The molecule has 0 unspecified atom stereocenters. The number of hydrogen-bond donors (Lipinski definition) is 2. The lowest BCUT2D eigenvalue weighted by molar-refractivity contribution is 0.623. The Morgan fingerprint density at radius 3 is 2.56 bits per heavy atom. The van der Waals surface area contributed by atoms with Crippen LogP contribution < -0.4 is 10.6 Å². The van der Waals surface area contributed by atoms with Crippen LogP contribution >= 0.6 is 11.6 Å². The van der Waals surface area contributed by atoms with Crippen molar-refractivity contribution in [1.82, 2.24) is 15.2 Å². The molecule has 0 spiro atoms. The summed E-state index contributed by atoms with van der Waals surface area (Å²) in [4.78, 5) is 0. The highest BCUT2D eigenvalue weighted by Gasteiger charge is 2.14. The zero-order chi connectivity index (χ0) is 17.6. The topological polar surface area (TPSA) is 29.0 Å². The summed E-state index contributed by atoms with van der Waals surface area (Å²) in [5.74, 6) is 0. The summed E-state index contributed by atoms with van der Waals surface area (Å²) in [6.07, 6.45) is 1.13. The average molecular weight is 356 g/mol. The zero-order valence-electron chi connectivity index (χ0n) is 15.0. The van der Waals surface area contributed by atoms with E-state index in [1.54, 1.807) is 0 Å². The maximum absolute atomic E-state index is 6.38. The first-order chi connectivity index (χ1) is 12.2. The molecule has 1 heterocycles. The molecule has 132 valence electrons. The molecule has 1 aromatic heterocycles. The predicted octanol–water partition coefficient (Wildman–Crippen LogP) is 4.35. The van der Waals surface area contributed by atoms with E-state index in [1.807, 2.05) is 25.2 Å². The third-order valence-electron chi connectivity index (χ3n) is 4.73. The molecule has 0 aliphatic rings. The molecule has 0 atom stereocenters. The number of benzene rings is 2. The number of hydrogen-bond acceptors (Lipinski definition) is 2. The van der Waals surface area contributed by atoms with Crippen molar-refractivity contribution >= 4 is 22.5 Å². The Balaban J connectivity index is 1.88. The van der Waals surface area contributed by atoms with Crippen molar-refractivity contribution in [3.05, 3.63) is 70.4 Å². The van der Waals surface area contributed by atoms with Crippen molar-refractivity contribution in [2.45, 2.75) is 26.4 Å². The second kappa shape index (κ2) is 8.52. The van der Waals surface area contributed by atoms with Gasteiger partial charge in [-0.2, -0.15) is 0 Å². The van der Waals surface area contributed by atoms with Crippen LogP contribution in [0, 0.1) is 6.92 Å². The minimum absolute atomic E-state index is 0.797. The second-order valence-corrected chi connectivity index (χ2v) is 6.80. The maximum Gasteiger partial charge on any atom is 0.0493 e. The van der Waals surface area contributed by atoms with Gasteiger partial charge in [-0.05, 0) is 56.7 Å². The smallest absolute Gasteiger partial charge is 0.0493 e. The molecule has 0 radical (unpaired) electrons. The van der Waals surface area contributed by atoms with E-state index in [2.05, 4.69) is 52.5 Å². The Morgan fingerprint density at radius 1 is 1.00 bits per heavy atom. The van der Waals surface area contributed by atoms with Crippen molar-refractivity contribution < 1.29 is 0 Å². The van der Waals surface area contributed by atoms with Gasteiger partial charge in [0, 0.05) is 34.7 Å². The molecule has 0 saturated heterocycles. The first-order valence-electron chi connectivity index (χ1n) is 8.87. The van der Waals surface area contributed by atoms with Gasteiger partial charge in [0.1, 0.15) is 0 Å². The van der Waals surface area contributed by atoms with Crippen LogP contribution in [0.15, 0.2) is 48.5 Å². The van der Waals surface area contributed by atoms with Crippen LogP contribution in [0.2, 0.25) is 5.02 Å². The van der Waals surface area contributed by atoms with Gasteiger partial charge in [-0.15, -0.1) is 0 Å². The molecule has 0 aliphatic heterocycles. The summed E-state index contributed by atoms with van der Waals surface area (Å²) >= 11 is 6.38. The first kappa shape index (κ1) is 18.0. The molecule has 4 heteroatoms. The molecule has 3 aromatic rings. The van der Waals surface area contributed by atoms with E-state index in [1.165, 1.54) is 22.2 Å². The monoisotopic (exact) mass is 355 g/mol. The first-order valence-corrected chi connectivity index (χ1v) is 9.25. The van der Waals surface area contributed by atoms with Gasteiger partial charge in [-0.3, -0.25) is 0 Å². The number of aromatic nitrogens is 1. The normalized spacial score (nSPS) is 11.3. The summed E-state index contributed by atoms with van der Waals surface area (Å²) < 4.78 is 2.38. The van der Waals surface area contributed by atoms with Crippen LogP contribution in [0.5, 0.6) is 0 Å². The number of nitrogens with one attached hydrogen (secondary N) is 2. The molecule has 3 rings (SSSR count). The number of para-hydroxylation sites is 1. The summed E-state index contributed by atoms with van der Waals surface area (Å²) in [5.41, 5.74) is 5.11. The molecule has 0 aliphatic carbocycles. The second-order valence-electron chi connectivity index (χ2n) is 6.39. The Hall–Kier alpha value is -1.81. The largest absolute Gasteiger partial charge is 0.340 e. The average Bonchev–Trinajstić information content (AvgIpc) is 2.89. The van der Waals surface area contributed by atoms with Crippen LogP contribution in [0.1, 0.15) is 23.2 Å². The fourth-order valence-corrected chi connectivity index (χ4v) is 3.53. The lowest BCUT2D eigenvalue weighted by Crippen LogP contribution is -2.19. The Labute approximate surface area is 155 Å². The zero-order valence-corrected chi connectivity index (χ0v) is 15.7. The Morgan fingerprint density at radius 2 is 1.76 bits per heavy atom. The van der Waals surface area contributed by atoms with Crippen molar-refractivity contribution in [2.24, 2.45) is 0 Å². The predicted molar refractivity (Wildman–Crippen MR) is 107 cm³/mol. The standard InChI is InChI=1S/C21H26ClN3/c1-16-19(14-24-13-7-12-23-2)18-9-4-6-11-21(18)25(16)15-17-8-3-5-10-20(17)22/h3-6,8-11,23-24H,7,12-15H2,1-2H3. The highest BCUT2D eigenvalue weighted by atomic mass is 35.5. The van der Waals surface area contributed by atoms with Crippen LogP contribution in [0.25, 0.3) is 10.9 Å². The van der Waals surface area contributed by atoms with Gasteiger partial charge >= 0.3 is 0 Å². The van der Waals surface area contributed by atoms with Gasteiger partial charge in [0.25, 0.3) is 0 Å². The fraction of sp³-hybridized carbons (Fsp3) is 0.333. The number of rotatable bonds is 8. The highest BCUT2D eigenvalue weighted by Crippen LogP contribution is 2.28. The van der Waals surface area contributed by atoms with E-state index in [9.17, 15) is 0 Å². The summed E-state index contributed by atoms with van der Waals surface area (Å²) in [7, 11) is 1.99. The Kier molecular flexibility index (Phi) is 6.14. The number of fused-ring (bicyclic) bond motifs is 1. The molecule has 0 fully saturated rings. The van der Waals surface area contributed by atoms with Crippen molar-refractivity contribution in [3.63, 3.8) is 0 Å². The van der Waals surface area contributed by atoms with E-state index >= 15 is 0 Å². The summed E-state index contributed by atoms with van der Waals surface area (Å²) in [6.45, 7) is 5.96. The van der Waals surface area contributed by atoms with E-state index in [4.69, 9.17) is 11.6 Å². The minimum Gasteiger partial charge on any atom is -0.340 e. The van der Waals surface area contributed by atoms with E-state index < -0.39 is 0 Å². The third kappa shape index (κ3) is 4.06. The summed E-state index contributed by atoms with van der Waals surface area (Å²) in [6, 6.07) is 16.7. The van der Waals surface area contributed by atoms with Gasteiger partial charge in [0.15, 0.2) is 0 Å². The molecule has 2 aromatic carbocycles. The van der Waals surface area contributed by atoms with Gasteiger partial charge in [0.2, 0.25) is 0 Å². The van der Waals surface area contributed by atoms with Crippen LogP contribution in [-0.4, -0.2) is 24.7 Å². The molecule has 0 bridgehead atoms. The van der Waals surface area contributed by atoms with Crippen LogP contribution in [0.3, 0.4) is 0 Å². The molecule has 0 saturated carbocycles. The molecular weight excluding hydrogens is 330 g/mol. The molecule has 0 amide bonds. The lowest BCUT2D eigenvalue weighted by Gasteiger charge is -2.11. The van der Waals surface area contributed by atoms with E-state index in [-0.39, 0.29) is 0 Å².